The van der Waals surface area contributed by atoms with Crippen LogP contribution in [0.1, 0.15) is 59.1 Å². The highest BCUT2D eigenvalue weighted by molar-refractivity contribution is 8.00. The summed E-state index contributed by atoms with van der Waals surface area (Å²) >= 11 is 0.876. The number of rotatable bonds is 8. The normalized spacial score (nSPS) is 18.9. The van der Waals surface area contributed by atoms with Crippen LogP contribution in [-0.2, 0) is 14.4 Å². The van der Waals surface area contributed by atoms with Crippen LogP contribution in [0.3, 0.4) is 0 Å². The van der Waals surface area contributed by atoms with E-state index < -0.39 is 23.3 Å². The van der Waals surface area contributed by atoms with Crippen molar-refractivity contribution in [2.75, 3.05) is 57.8 Å². The average molecular weight is 642 g/mol. The summed E-state index contributed by atoms with van der Waals surface area (Å²) < 4.78 is 38.2. The Bertz CT molecular complexity index is 1470. The zero-order valence-electron chi connectivity index (χ0n) is 24.8. The first-order chi connectivity index (χ1) is 21.6. The van der Waals surface area contributed by atoms with E-state index in [0.29, 0.717) is 41.5 Å². The van der Waals surface area contributed by atoms with Gasteiger partial charge in [0.15, 0.2) is 0 Å². The molecule has 5 rings (SSSR count). The molecular formula is C31H34F3N7O3S. The predicted molar refractivity (Wildman–Crippen MR) is 160 cm³/mol. The van der Waals surface area contributed by atoms with Crippen LogP contribution < -0.4 is 10.4 Å². The van der Waals surface area contributed by atoms with E-state index in [-0.39, 0.29) is 16.5 Å². The number of piperidine rings is 1. The molecule has 1 aromatic heterocycles. The van der Waals surface area contributed by atoms with Gasteiger partial charge in [0.1, 0.15) is 28.2 Å². The number of nitrogens with one attached hydrogen (secondary N) is 1. The van der Waals surface area contributed by atoms with Crippen LogP contribution in [0.15, 0.2) is 35.4 Å². The van der Waals surface area contributed by atoms with Gasteiger partial charge >= 0.3 is 12.1 Å². The SMILES string of the molecule is CN1CCN(CC2CCN(c3nc(SC(C(=O)NOC(=O)C(F)(F)F)c4ccccc4)c(C#N)c(C4CC4)c3C#N)CC2)CC1. The monoisotopic (exact) mass is 641 g/mol. The minimum absolute atomic E-state index is 0.00177. The van der Waals surface area contributed by atoms with E-state index in [9.17, 15) is 33.3 Å². The van der Waals surface area contributed by atoms with Crippen molar-refractivity contribution in [2.24, 2.45) is 5.92 Å². The summed E-state index contributed by atoms with van der Waals surface area (Å²) in [6, 6.07) is 12.7. The Balaban J connectivity index is 1.42. The third kappa shape index (κ3) is 7.87. The number of carbonyl (C=O) groups is 2. The molecule has 1 unspecified atom stereocenters. The minimum atomic E-state index is -5.29. The molecule has 3 heterocycles. The largest absolute Gasteiger partial charge is 0.493 e. The lowest BCUT2D eigenvalue weighted by molar-refractivity contribution is -0.207. The van der Waals surface area contributed by atoms with Crippen molar-refractivity contribution in [2.45, 2.75) is 48.1 Å². The number of hydroxylamine groups is 1. The molecule has 10 nitrogen and oxygen atoms in total. The Morgan fingerprint density at radius 2 is 1.67 bits per heavy atom. The lowest BCUT2D eigenvalue weighted by atomic mass is 9.94. The van der Waals surface area contributed by atoms with E-state index in [1.54, 1.807) is 35.8 Å². The molecule has 1 atom stereocenters. The quantitative estimate of drug-likeness (QED) is 0.332. The van der Waals surface area contributed by atoms with E-state index in [4.69, 9.17) is 4.98 Å². The molecule has 3 aliphatic rings. The van der Waals surface area contributed by atoms with Crippen LogP contribution in [0.25, 0.3) is 0 Å². The Morgan fingerprint density at radius 3 is 2.24 bits per heavy atom. The van der Waals surface area contributed by atoms with Crippen LogP contribution >= 0.6 is 11.8 Å². The second-order valence-electron chi connectivity index (χ2n) is 11.7. The Morgan fingerprint density at radius 1 is 1.02 bits per heavy atom. The number of aromatic nitrogens is 1. The van der Waals surface area contributed by atoms with Gasteiger partial charge < -0.3 is 19.5 Å². The summed E-state index contributed by atoms with van der Waals surface area (Å²) in [6.07, 6.45) is -1.85. The molecule has 0 bridgehead atoms. The maximum absolute atomic E-state index is 13.2. The molecule has 238 valence electrons. The highest BCUT2D eigenvalue weighted by atomic mass is 32.2. The first kappa shape index (κ1) is 32.5. The molecule has 1 saturated carbocycles. The molecular weight excluding hydrogens is 607 g/mol. The number of nitriles is 2. The molecule has 1 N–H and O–H groups in total. The fourth-order valence-electron chi connectivity index (χ4n) is 5.82. The maximum Gasteiger partial charge on any atom is 0.493 e. The molecule has 14 heteroatoms. The van der Waals surface area contributed by atoms with Crippen molar-refractivity contribution in [1.82, 2.24) is 20.3 Å². The van der Waals surface area contributed by atoms with E-state index in [0.717, 1.165) is 70.2 Å². The van der Waals surface area contributed by atoms with Gasteiger partial charge in [-0.15, -0.1) is 0 Å². The molecule has 2 aliphatic heterocycles. The number of hydrogen-bond donors (Lipinski definition) is 1. The van der Waals surface area contributed by atoms with Crippen LogP contribution in [0.5, 0.6) is 0 Å². The van der Waals surface area contributed by atoms with Gasteiger partial charge in [-0.2, -0.15) is 29.2 Å². The van der Waals surface area contributed by atoms with Gasteiger partial charge in [-0.1, -0.05) is 42.1 Å². The van der Waals surface area contributed by atoms with Crippen molar-refractivity contribution in [3.05, 3.63) is 52.6 Å². The van der Waals surface area contributed by atoms with E-state index in [1.165, 1.54) is 0 Å². The Labute approximate surface area is 264 Å². The third-order valence-electron chi connectivity index (χ3n) is 8.46. The summed E-state index contributed by atoms with van der Waals surface area (Å²) in [6.45, 7) is 6.57. The first-order valence-electron chi connectivity index (χ1n) is 14.9. The lowest BCUT2D eigenvalue weighted by Crippen LogP contribution is -2.47. The molecule has 1 aliphatic carbocycles. The van der Waals surface area contributed by atoms with Crippen molar-refractivity contribution < 1.29 is 27.6 Å². The molecule has 3 fully saturated rings. The van der Waals surface area contributed by atoms with Gasteiger partial charge in [-0.05, 0) is 55.7 Å². The number of thioether (sulfide) groups is 1. The van der Waals surface area contributed by atoms with Crippen molar-refractivity contribution in [3.8, 4) is 12.1 Å². The first-order valence-corrected chi connectivity index (χ1v) is 15.8. The van der Waals surface area contributed by atoms with Gasteiger partial charge in [0.2, 0.25) is 0 Å². The van der Waals surface area contributed by atoms with Crippen LogP contribution in [-0.4, -0.2) is 85.7 Å². The second-order valence-corrected chi connectivity index (χ2v) is 12.8. The van der Waals surface area contributed by atoms with Gasteiger partial charge in [0.05, 0.1) is 11.1 Å². The number of anilines is 1. The van der Waals surface area contributed by atoms with Crippen LogP contribution in [0, 0.1) is 28.6 Å². The third-order valence-corrected chi connectivity index (χ3v) is 9.71. The Hall–Kier alpha value is -3.85. The number of halogens is 3. The number of hydrogen-bond acceptors (Lipinski definition) is 10. The molecule has 1 amide bonds. The zero-order valence-corrected chi connectivity index (χ0v) is 25.7. The minimum Gasteiger partial charge on any atom is -0.355 e. The predicted octanol–water partition coefficient (Wildman–Crippen LogP) is 4.14. The number of likely N-dealkylation sites (N-methyl/N-ethyl adjacent to an activating group) is 1. The van der Waals surface area contributed by atoms with Crippen LogP contribution in [0.4, 0.5) is 19.0 Å². The van der Waals surface area contributed by atoms with Crippen LogP contribution in [0.2, 0.25) is 0 Å². The molecule has 2 aromatic rings. The summed E-state index contributed by atoms with van der Waals surface area (Å²) in [5.41, 5.74) is 3.16. The molecule has 0 radical (unpaired) electrons. The van der Waals surface area contributed by atoms with E-state index >= 15 is 0 Å². The lowest BCUT2D eigenvalue weighted by Gasteiger charge is -2.38. The van der Waals surface area contributed by atoms with Crippen molar-refractivity contribution >= 4 is 29.5 Å². The smallest absolute Gasteiger partial charge is 0.355 e. The highest BCUT2D eigenvalue weighted by Crippen LogP contribution is 2.48. The number of benzene rings is 1. The number of carbonyl (C=O) groups excluding carboxylic acids is 2. The molecule has 0 spiro atoms. The number of piperazine rings is 1. The number of nitrogens with zero attached hydrogens (tertiary/aromatic N) is 6. The number of pyridine rings is 1. The maximum atomic E-state index is 13.2. The molecule has 1 aromatic carbocycles. The van der Waals surface area contributed by atoms with E-state index in [1.807, 2.05) is 0 Å². The fourth-order valence-corrected chi connectivity index (χ4v) is 6.91. The van der Waals surface area contributed by atoms with Gasteiger partial charge in [-0.25, -0.2) is 9.78 Å². The van der Waals surface area contributed by atoms with Gasteiger partial charge in [0.25, 0.3) is 5.91 Å². The van der Waals surface area contributed by atoms with Gasteiger partial charge in [-0.3, -0.25) is 4.79 Å². The summed E-state index contributed by atoms with van der Waals surface area (Å²) in [5, 5.41) is 19.5. The molecule has 2 saturated heterocycles. The molecule has 45 heavy (non-hydrogen) atoms. The summed E-state index contributed by atoms with van der Waals surface area (Å²) in [5.74, 6) is -2.62. The topological polar surface area (TPSA) is 126 Å². The second kappa shape index (κ2) is 14.1. The van der Waals surface area contributed by atoms with Gasteiger partial charge in [0, 0.05) is 45.8 Å². The summed E-state index contributed by atoms with van der Waals surface area (Å²) in [4.78, 5) is 40.2. The number of alkyl halides is 3. The standard InChI is InChI=1S/C31H34F3N7O3S/c1-39-13-15-40(16-14-39)19-20-9-11-41(12-10-20)27-23(17-35)25(21-7-8-21)24(18-36)29(37-27)45-26(22-5-3-2-4-6-22)28(42)38-44-30(43)31(32,33)34/h2-6,20-21,26H,7-16,19H2,1H3,(H,38,42). The Kier molecular flexibility index (Phi) is 10.2. The highest BCUT2D eigenvalue weighted by Gasteiger charge is 2.42. The summed E-state index contributed by atoms with van der Waals surface area (Å²) in [7, 11) is 2.13. The average Bonchev–Trinajstić information content (AvgIpc) is 3.88. The van der Waals surface area contributed by atoms with Crippen molar-refractivity contribution in [1.29, 1.82) is 10.5 Å². The van der Waals surface area contributed by atoms with Crippen molar-refractivity contribution in [3.63, 3.8) is 0 Å². The fraction of sp³-hybridized carbons (Fsp3) is 0.516. The van der Waals surface area contributed by atoms with E-state index in [2.05, 4.69) is 38.7 Å². The zero-order chi connectivity index (χ0) is 32.1. The number of amides is 1.